The second-order valence-electron chi connectivity index (χ2n) is 6.69. The monoisotopic (exact) mass is 350 g/mol. The largest absolute Gasteiger partial charge is 0.339 e. The predicted octanol–water partition coefficient (Wildman–Crippen LogP) is 3.11. The van der Waals surface area contributed by atoms with E-state index < -0.39 is 10.0 Å². The van der Waals surface area contributed by atoms with E-state index in [9.17, 15) is 13.2 Å². The fraction of sp³-hybridized carbons (Fsp3) is 0.500. The van der Waals surface area contributed by atoms with Crippen molar-refractivity contribution >= 4 is 27.7 Å². The van der Waals surface area contributed by atoms with E-state index in [4.69, 9.17) is 0 Å². The summed E-state index contributed by atoms with van der Waals surface area (Å²) in [5, 5.41) is 0. The first-order chi connectivity index (χ1) is 11.2. The van der Waals surface area contributed by atoms with Gasteiger partial charge < -0.3 is 4.90 Å². The lowest BCUT2D eigenvalue weighted by Crippen LogP contribution is -2.38. The van der Waals surface area contributed by atoms with Crippen LogP contribution in [0.5, 0.6) is 0 Å². The number of hydrogen-bond acceptors (Lipinski definition) is 3. The van der Waals surface area contributed by atoms with E-state index in [2.05, 4.69) is 11.6 Å². The van der Waals surface area contributed by atoms with Crippen LogP contribution in [0.3, 0.4) is 0 Å². The molecule has 0 aliphatic heterocycles. The number of amides is 1. The maximum absolute atomic E-state index is 12.3. The van der Waals surface area contributed by atoms with Crippen LogP contribution in [-0.4, -0.2) is 38.6 Å². The molecule has 0 unspecified atom stereocenters. The molecule has 1 aromatic rings. The van der Waals surface area contributed by atoms with Crippen LogP contribution >= 0.6 is 0 Å². The van der Waals surface area contributed by atoms with E-state index in [1.54, 1.807) is 36.4 Å². The topological polar surface area (TPSA) is 66.5 Å². The van der Waals surface area contributed by atoms with Gasteiger partial charge in [-0.25, -0.2) is 8.42 Å². The highest BCUT2D eigenvalue weighted by molar-refractivity contribution is 7.92. The van der Waals surface area contributed by atoms with Crippen molar-refractivity contribution < 1.29 is 13.2 Å². The molecule has 0 saturated heterocycles. The Morgan fingerprint density at radius 3 is 2.29 bits per heavy atom. The molecule has 6 heteroatoms. The highest BCUT2D eigenvalue weighted by Crippen LogP contribution is 2.26. The van der Waals surface area contributed by atoms with Crippen molar-refractivity contribution in [1.29, 1.82) is 0 Å². The van der Waals surface area contributed by atoms with Crippen molar-refractivity contribution in [3.63, 3.8) is 0 Å². The van der Waals surface area contributed by atoms with Crippen LogP contribution in [0, 0.1) is 5.92 Å². The minimum atomic E-state index is -3.27. The summed E-state index contributed by atoms with van der Waals surface area (Å²) in [4.78, 5) is 14.1. The van der Waals surface area contributed by atoms with Crippen LogP contribution in [0.25, 0.3) is 6.08 Å². The van der Waals surface area contributed by atoms with E-state index in [1.165, 1.54) is 12.8 Å². The second kappa shape index (κ2) is 7.83. The molecule has 1 saturated carbocycles. The summed E-state index contributed by atoms with van der Waals surface area (Å²) in [6.45, 7) is 2.26. The summed E-state index contributed by atoms with van der Waals surface area (Å²) in [6.07, 6.45) is 8.96. The number of likely N-dealkylation sites (N-methyl/N-ethyl adjacent to an activating group) is 1. The minimum absolute atomic E-state index is 0.00731. The Bertz CT molecular complexity index is 687. The number of benzene rings is 1. The summed E-state index contributed by atoms with van der Waals surface area (Å²) < 4.78 is 24.8. The van der Waals surface area contributed by atoms with Crippen LogP contribution in [0.15, 0.2) is 30.3 Å². The summed E-state index contributed by atoms with van der Waals surface area (Å²) in [6, 6.07) is 7.24. The van der Waals surface area contributed by atoms with Gasteiger partial charge in [0.2, 0.25) is 15.9 Å². The Labute approximate surface area is 144 Å². The first-order valence-electron chi connectivity index (χ1n) is 8.27. The average molecular weight is 350 g/mol. The van der Waals surface area contributed by atoms with Crippen LogP contribution in [0.4, 0.5) is 5.69 Å². The number of carbonyl (C=O) groups excluding carboxylic acids is 1. The maximum Gasteiger partial charge on any atom is 0.246 e. The number of rotatable bonds is 5. The molecule has 0 atom stereocenters. The highest BCUT2D eigenvalue weighted by atomic mass is 32.2. The van der Waals surface area contributed by atoms with Crippen LogP contribution in [0.2, 0.25) is 0 Å². The van der Waals surface area contributed by atoms with E-state index in [0.717, 1.165) is 30.6 Å². The van der Waals surface area contributed by atoms with Gasteiger partial charge >= 0.3 is 0 Å². The fourth-order valence-corrected chi connectivity index (χ4v) is 3.54. The first kappa shape index (κ1) is 18.5. The quantitative estimate of drug-likeness (QED) is 0.830. The highest BCUT2D eigenvalue weighted by Gasteiger charge is 2.23. The molecule has 5 nitrogen and oxygen atoms in total. The van der Waals surface area contributed by atoms with Gasteiger partial charge in [0.1, 0.15) is 0 Å². The Kier molecular flexibility index (Phi) is 6.04. The van der Waals surface area contributed by atoms with Gasteiger partial charge in [-0.2, -0.15) is 0 Å². The average Bonchev–Trinajstić information content (AvgIpc) is 2.52. The van der Waals surface area contributed by atoms with Crippen molar-refractivity contribution in [2.75, 3.05) is 18.0 Å². The van der Waals surface area contributed by atoms with Gasteiger partial charge in [0.15, 0.2) is 0 Å². The molecule has 1 N–H and O–H groups in total. The number of sulfonamides is 1. The Morgan fingerprint density at radius 1 is 1.17 bits per heavy atom. The lowest BCUT2D eigenvalue weighted by atomic mass is 9.87. The number of nitrogens with one attached hydrogen (secondary N) is 1. The summed E-state index contributed by atoms with van der Waals surface area (Å²) >= 11 is 0. The zero-order valence-corrected chi connectivity index (χ0v) is 15.3. The van der Waals surface area contributed by atoms with Crippen molar-refractivity contribution in [2.45, 2.75) is 38.6 Å². The normalized spacial score (nSPS) is 21.6. The van der Waals surface area contributed by atoms with E-state index in [0.29, 0.717) is 11.7 Å². The van der Waals surface area contributed by atoms with Crippen LogP contribution in [-0.2, 0) is 14.8 Å². The molecular weight excluding hydrogens is 324 g/mol. The lowest BCUT2D eigenvalue weighted by molar-refractivity contribution is -0.127. The van der Waals surface area contributed by atoms with E-state index in [-0.39, 0.29) is 5.91 Å². The molecule has 24 heavy (non-hydrogen) atoms. The smallest absolute Gasteiger partial charge is 0.246 e. The third-order valence-electron chi connectivity index (χ3n) is 4.51. The van der Waals surface area contributed by atoms with Gasteiger partial charge in [-0.05, 0) is 55.4 Å². The zero-order chi connectivity index (χ0) is 17.7. The number of nitrogens with zero attached hydrogens (tertiary/aromatic N) is 1. The molecule has 1 fully saturated rings. The number of carbonyl (C=O) groups is 1. The first-order valence-corrected chi connectivity index (χ1v) is 10.2. The minimum Gasteiger partial charge on any atom is -0.339 e. The van der Waals surface area contributed by atoms with Crippen molar-refractivity contribution in [3.8, 4) is 0 Å². The van der Waals surface area contributed by atoms with E-state index in [1.807, 2.05) is 11.9 Å². The number of hydrogen-bond donors (Lipinski definition) is 1. The molecule has 2 rings (SSSR count). The van der Waals surface area contributed by atoms with Crippen LogP contribution in [0.1, 0.15) is 38.2 Å². The fourth-order valence-electron chi connectivity index (χ4n) is 2.97. The second-order valence-corrected chi connectivity index (χ2v) is 8.44. The summed E-state index contributed by atoms with van der Waals surface area (Å²) in [7, 11) is -1.40. The Hall–Kier alpha value is -1.82. The lowest BCUT2D eigenvalue weighted by Gasteiger charge is -2.33. The van der Waals surface area contributed by atoms with Gasteiger partial charge in [0.25, 0.3) is 0 Å². The van der Waals surface area contributed by atoms with Crippen molar-refractivity contribution in [1.82, 2.24) is 4.90 Å². The molecule has 1 aromatic carbocycles. The van der Waals surface area contributed by atoms with Crippen molar-refractivity contribution in [2.24, 2.45) is 5.92 Å². The molecule has 132 valence electrons. The standard InChI is InChI=1S/C18H26N2O3S/c1-14-4-11-17(12-5-14)20(2)18(21)13-8-15-6-9-16(10-7-15)19-24(3,22)23/h6-10,13-14,17,19H,4-5,11-12H2,1-3H3/b13-8+. The molecule has 0 aromatic heterocycles. The zero-order valence-electron chi connectivity index (χ0n) is 14.5. The maximum atomic E-state index is 12.3. The Balaban J connectivity index is 1.93. The molecule has 1 aliphatic rings. The molecule has 1 amide bonds. The van der Waals surface area contributed by atoms with Gasteiger partial charge in [-0.3, -0.25) is 9.52 Å². The molecule has 0 radical (unpaired) electrons. The van der Waals surface area contributed by atoms with Gasteiger partial charge in [-0.1, -0.05) is 19.1 Å². The van der Waals surface area contributed by atoms with E-state index >= 15 is 0 Å². The molecule has 1 aliphatic carbocycles. The van der Waals surface area contributed by atoms with Crippen molar-refractivity contribution in [3.05, 3.63) is 35.9 Å². The molecule has 0 bridgehead atoms. The Morgan fingerprint density at radius 2 is 1.75 bits per heavy atom. The third kappa shape index (κ3) is 5.67. The predicted molar refractivity (Wildman–Crippen MR) is 98.1 cm³/mol. The van der Waals surface area contributed by atoms with Gasteiger partial charge in [0, 0.05) is 24.9 Å². The molecule has 0 heterocycles. The third-order valence-corrected chi connectivity index (χ3v) is 5.12. The van der Waals surface area contributed by atoms with Gasteiger partial charge in [-0.15, -0.1) is 0 Å². The molecule has 0 spiro atoms. The van der Waals surface area contributed by atoms with Gasteiger partial charge in [0.05, 0.1) is 6.26 Å². The SMILES string of the molecule is CC1CCC(N(C)C(=O)/C=C/c2ccc(NS(C)(=O)=O)cc2)CC1. The van der Waals surface area contributed by atoms with Crippen LogP contribution < -0.4 is 4.72 Å². The summed E-state index contributed by atoms with van der Waals surface area (Å²) in [5.74, 6) is 0.771. The summed E-state index contributed by atoms with van der Waals surface area (Å²) in [5.41, 5.74) is 1.36. The molecular formula is C18H26N2O3S. The number of anilines is 1.